The van der Waals surface area contributed by atoms with Crippen LogP contribution in [0.15, 0.2) is 48.5 Å². The van der Waals surface area contributed by atoms with Crippen molar-refractivity contribution in [2.75, 3.05) is 60.9 Å². The normalized spacial score (nSPS) is 16.9. The SMILES string of the molecule is O=C(NCCN1CCN(c2ccc(F)cc2)CC1)C(=O)Nc1cccc(N2CCCCC2=O)c1. The Morgan fingerprint density at radius 1 is 0.882 bits per heavy atom. The van der Waals surface area contributed by atoms with Crippen molar-refractivity contribution < 1.29 is 18.8 Å². The van der Waals surface area contributed by atoms with E-state index in [2.05, 4.69) is 20.4 Å². The zero-order valence-electron chi connectivity index (χ0n) is 19.1. The molecule has 2 aromatic rings. The van der Waals surface area contributed by atoms with Crippen molar-refractivity contribution >= 4 is 34.8 Å². The lowest BCUT2D eigenvalue weighted by Crippen LogP contribution is -2.49. The van der Waals surface area contributed by atoms with E-state index in [9.17, 15) is 18.8 Å². The summed E-state index contributed by atoms with van der Waals surface area (Å²) in [6.45, 7) is 4.94. The van der Waals surface area contributed by atoms with Crippen LogP contribution < -0.4 is 20.4 Å². The number of amides is 3. The first-order chi connectivity index (χ1) is 16.5. The van der Waals surface area contributed by atoms with Crippen LogP contribution in [0.3, 0.4) is 0 Å². The highest BCUT2D eigenvalue weighted by Gasteiger charge is 2.21. The molecule has 9 heteroatoms. The lowest BCUT2D eigenvalue weighted by Gasteiger charge is -2.36. The van der Waals surface area contributed by atoms with Gasteiger partial charge in [-0.15, -0.1) is 0 Å². The number of halogens is 1. The Morgan fingerprint density at radius 2 is 1.65 bits per heavy atom. The van der Waals surface area contributed by atoms with E-state index in [-0.39, 0.29) is 11.7 Å². The number of anilines is 3. The van der Waals surface area contributed by atoms with E-state index in [1.54, 1.807) is 35.2 Å². The predicted molar refractivity (Wildman–Crippen MR) is 129 cm³/mol. The van der Waals surface area contributed by atoms with Gasteiger partial charge in [-0.25, -0.2) is 4.39 Å². The summed E-state index contributed by atoms with van der Waals surface area (Å²) >= 11 is 0. The number of rotatable bonds is 6. The largest absolute Gasteiger partial charge is 0.369 e. The molecule has 0 aromatic heterocycles. The number of piperazine rings is 1. The molecule has 2 fully saturated rings. The third-order valence-electron chi connectivity index (χ3n) is 6.22. The number of hydrogen-bond acceptors (Lipinski definition) is 5. The monoisotopic (exact) mass is 467 g/mol. The van der Waals surface area contributed by atoms with E-state index in [1.807, 2.05) is 6.07 Å². The number of carbonyl (C=O) groups is 3. The van der Waals surface area contributed by atoms with Crippen LogP contribution in [-0.2, 0) is 14.4 Å². The molecule has 0 aliphatic carbocycles. The summed E-state index contributed by atoms with van der Waals surface area (Å²) in [7, 11) is 0. The molecule has 0 spiro atoms. The molecule has 0 atom stereocenters. The lowest BCUT2D eigenvalue weighted by atomic mass is 10.1. The molecule has 0 bridgehead atoms. The predicted octanol–water partition coefficient (Wildman–Crippen LogP) is 2.22. The maximum atomic E-state index is 13.1. The van der Waals surface area contributed by atoms with Gasteiger partial charge in [0.1, 0.15) is 5.82 Å². The summed E-state index contributed by atoms with van der Waals surface area (Å²) in [5, 5.41) is 5.29. The molecule has 2 aliphatic heterocycles. The Balaban J connectivity index is 1.19. The second kappa shape index (κ2) is 11.1. The van der Waals surface area contributed by atoms with Gasteiger partial charge in [-0.2, -0.15) is 0 Å². The van der Waals surface area contributed by atoms with Crippen LogP contribution >= 0.6 is 0 Å². The van der Waals surface area contributed by atoms with Gasteiger partial charge in [-0.1, -0.05) is 6.07 Å². The van der Waals surface area contributed by atoms with Crippen molar-refractivity contribution in [3.05, 3.63) is 54.3 Å². The Kier molecular flexibility index (Phi) is 7.74. The van der Waals surface area contributed by atoms with Crippen molar-refractivity contribution in [1.82, 2.24) is 10.2 Å². The third kappa shape index (κ3) is 6.11. The molecule has 0 radical (unpaired) electrons. The molecule has 2 aromatic carbocycles. The van der Waals surface area contributed by atoms with E-state index in [4.69, 9.17) is 0 Å². The number of piperidine rings is 1. The van der Waals surface area contributed by atoms with Gasteiger partial charge in [0.15, 0.2) is 0 Å². The summed E-state index contributed by atoms with van der Waals surface area (Å²) in [5.74, 6) is -1.59. The van der Waals surface area contributed by atoms with Crippen molar-refractivity contribution in [3.63, 3.8) is 0 Å². The number of carbonyl (C=O) groups excluding carboxylic acids is 3. The minimum absolute atomic E-state index is 0.0750. The molecule has 180 valence electrons. The quantitative estimate of drug-likeness (QED) is 0.637. The molecule has 2 N–H and O–H groups in total. The highest BCUT2D eigenvalue weighted by molar-refractivity contribution is 6.39. The summed E-state index contributed by atoms with van der Waals surface area (Å²) < 4.78 is 13.1. The average Bonchev–Trinajstić information content (AvgIpc) is 2.85. The van der Waals surface area contributed by atoms with Gasteiger partial charge in [-0.3, -0.25) is 19.3 Å². The summed E-state index contributed by atoms with van der Waals surface area (Å²) in [6, 6.07) is 13.5. The van der Waals surface area contributed by atoms with Crippen LogP contribution in [0.5, 0.6) is 0 Å². The summed E-state index contributed by atoms with van der Waals surface area (Å²) in [4.78, 5) is 42.8. The van der Waals surface area contributed by atoms with Crippen molar-refractivity contribution in [2.24, 2.45) is 0 Å². The molecule has 0 unspecified atom stereocenters. The van der Waals surface area contributed by atoms with Crippen molar-refractivity contribution in [1.29, 1.82) is 0 Å². The van der Waals surface area contributed by atoms with Crippen LogP contribution in [0.1, 0.15) is 19.3 Å². The van der Waals surface area contributed by atoms with Gasteiger partial charge in [0.2, 0.25) is 5.91 Å². The summed E-state index contributed by atoms with van der Waals surface area (Å²) in [5.41, 5.74) is 2.20. The topological polar surface area (TPSA) is 85.0 Å². The lowest BCUT2D eigenvalue weighted by molar-refractivity contribution is -0.136. The van der Waals surface area contributed by atoms with E-state index in [0.29, 0.717) is 31.7 Å². The highest BCUT2D eigenvalue weighted by atomic mass is 19.1. The fourth-order valence-electron chi connectivity index (χ4n) is 4.31. The number of nitrogens with one attached hydrogen (secondary N) is 2. The van der Waals surface area contributed by atoms with Crippen molar-refractivity contribution in [2.45, 2.75) is 19.3 Å². The molecule has 34 heavy (non-hydrogen) atoms. The molecule has 8 nitrogen and oxygen atoms in total. The Labute approximate surface area is 198 Å². The smallest absolute Gasteiger partial charge is 0.313 e. The second-order valence-corrected chi connectivity index (χ2v) is 8.57. The molecule has 2 aliphatic rings. The van der Waals surface area contributed by atoms with Crippen LogP contribution in [0, 0.1) is 5.82 Å². The Hall–Kier alpha value is -3.46. The summed E-state index contributed by atoms with van der Waals surface area (Å²) in [6.07, 6.45) is 2.38. The minimum Gasteiger partial charge on any atom is -0.369 e. The second-order valence-electron chi connectivity index (χ2n) is 8.57. The van der Waals surface area contributed by atoms with Gasteiger partial charge in [0.25, 0.3) is 0 Å². The standard InChI is InChI=1S/C25H30FN5O3/c26-19-7-9-21(10-8-19)30-16-14-29(15-17-30)13-11-27-24(33)25(34)28-20-4-3-5-22(18-20)31-12-2-1-6-23(31)32/h3-5,7-10,18H,1-2,6,11-17H2,(H,27,33)(H,28,34). The van der Waals surface area contributed by atoms with Gasteiger partial charge in [0.05, 0.1) is 0 Å². The first-order valence-electron chi connectivity index (χ1n) is 11.7. The molecule has 3 amide bonds. The van der Waals surface area contributed by atoms with Crippen LogP contribution in [0.2, 0.25) is 0 Å². The van der Waals surface area contributed by atoms with Crippen LogP contribution in [-0.4, -0.2) is 68.4 Å². The molecule has 2 saturated heterocycles. The maximum Gasteiger partial charge on any atom is 0.313 e. The van der Waals surface area contributed by atoms with Gasteiger partial charge in [0, 0.05) is 69.3 Å². The Morgan fingerprint density at radius 3 is 2.38 bits per heavy atom. The third-order valence-corrected chi connectivity index (χ3v) is 6.22. The molecular formula is C25H30FN5O3. The van der Waals surface area contributed by atoms with Crippen LogP contribution in [0.25, 0.3) is 0 Å². The zero-order valence-corrected chi connectivity index (χ0v) is 19.1. The first kappa shape index (κ1) is 23.7. The van der Waals surface area contributed by atoms with Crippen molar-refractivity contribution in [3.8, 4) is 0 Å². The minimum atomic E-state index is -0.733. The fraction of sp³-hybridized carbons (Fsp3) is 0.400. The number of benzene rings is 2. The van der Waals surface area contributed by atoms with E-state index in [0.717, 1.165) is 50.4 Å². The fourth-order valence-corrected chi connectivity index (χ4v) is 4.31. The van der Waals surface area contributed by atoms with E-state index in [1.165, 1.54) is 12.1 Å². The zero-order chi connectivity index (χ0) is 23.9. The van der Waals surface area contributed by atoms with Gasteiger partial charge in [-0.05, 0) is 55.3 Å². The van der Waals surface area contributed by atoms with E-state index >= 15 is 0 Å². The van der Waals surface area contributed by atoms with Gasteiger partial charge >= 0.3 is 11.8 Å². The molecule has 0 saturated carbocycles. The molecule has 4 rings (SSSR count). The number of nitrogens with zero attached hydrogens (tertiary/aromatic N) is 3. The average molecular weight is 468 g/mol. The molecular weight excluding hydrogens is 437 g/mol. The van der Waals surface area contributed by atoms with Crippen LogP contribution in [0.4, 0.5) is 21.5 Å². The van der Waals surface area contributed by atoms with Gasteiger partial charge < -0.3 is 20.4 Å². The van der Waals surface area contributed by atoms with E-state index < -0.39 is 11.8 Å². The molecule has 2 heterocycles. The highest BCUT2D eigenvalue weighted by Crippen LogP contribution is 2.24. The maximum absolute atomic E-state index is 13.1. The Bertz CT molecular complexity index is 1020. The number of hydrogen-bond donors (Lipinski definition) is 2. The first-order valence-corrected chi connectivity index (χ1v) is 11.7.